The molecule has 1 N–H and O–H groups in total. The molecule has 1 saturated heterocycles. The van der Waals surface area contributed by atoms with Crippen LogP contribution >= 0.6 is 11.6 Å². The maximum absolute atomic E-state index is 10.8. The van der Waals surface area contributed by atoms with Crippen molar-refractivity contribution in [3.05, 3.63) is 16.9 Å². The smallest absolute Gasteiger partial charge is 0.110 e. The lowest BCUT2D eigenvalue weighted by Crippen LogP contribution is -2.44. The van der Waals surface area contributed by atoms with Crippen molar-refractivity contribution in [1.29, 1.82) is 0 Å². The van der Waals surface area contributed by atoms with Crippen LogP contribution in [0.25, 0.3) is 0 Å². The fraction of sp³-hybridized carbons (Fsp3) is 0.769. The van der Waals surface area contributed by atoms with Crippen LogP contribution in [0.15, 0.2) is 6.20 Å². The largest absolute Gasteiger partial charge is 0.383 e. The molecule has 0 radical (unpaired) electrons. The zero-order chi connectivity index (χ0) is 13.3. The number of likely N-dealkylation sites (tertiary alicyclic amines) is 1. The molecule has 1 aliphatic heterocycles. The lowest BCUT2D eigenvalue weighted by atomic mass is 9.87. The van der Waals surface area contributed by atoms with Gasteiger partial charge in [-0.25, -0.2) is 0 Å². The molecule has 0 saturated carbocycles. The fourth-order valence-corrected chi connectivity index (χ4v) is 3.13. The molecule has 0 aliphatic carbocycles. The van der Waals surface area contributed by atoms with Gasteiger partial charge in [-0.05, 0) is 18.8 Å². The van der Waals surface area contributed by atoms with E-state index in [0.29, 0.717) is 10.9 Å². The first-order valence-corrected chi connectivity index (χ1v) is 6.93. The van der Waals surface area contributed by atoms with E-state index in [1.54, 1.807) is 10.9 Å². The van der Waals surface area contributed by atoms with Crippen LogP contribution in [-0.4, -0.2) is 39.4 Å². The summed E-state index contributed by atoms with van der Waals surface area (Å²) in [4.78, 5) is 2.41. The molecule has 1 aromatic heterocycles. The third-order valence-electron chi connectivity index (χ3n) is 3.64. The van der Waals surface area contributed by atoms with E-state index in [9.17, 15) is 5.11 Å². The van der Waals surface area contributed by atoms with Gasteiger partial charge in [0, 0.05) is 26.7 Å². The van der Waals surface area contributed by atoms with E-state index in [1.165, 1.54) is 0 Å². The van der Waals surface area contributed by atoms with Crippen LogP contribution in [-0.2, 0) is 12.6 Å². The molecule has 5 heteroatoms. The normalized spacial score (nSPS) is 20.6. The molecule has 0 atom stereocenters. The lowest BCUT2D eigenvalue weighted by Gasteiger charge is -2.39. The van der Waals surface area contributed by atoms with Crippen molar-refractivity contribution in [3.63, 3.8) is 0 Å². The van der Waals surface area contributed by atoms with Crippen LogP contribution in [0.3, 0.4) is 0 Å². The van der Waals surface area contributed by atoms with Gasteiger partial charge in [0.25, 0.3) is 0 Å². The molecule has 0 unspecified atom stereocenters. The number of nitrogens with zero attached hydrogens (tertiary/aromatic N) is 3. The molecule has 1 aromatic rings. The highest BCUT2D eigenvalue weighted by molar-refractivity contribution is 6.31. The highest BCUT2D eigenvalue weighted by Crippen LogP contribution is 2.36. The summed E-state index contributed by atoms with van der Waals surface area (Å²) in [5.41, 5.74) is -0.0659. The van der Waals surface area contributed by atoms with Gasteiger partial charge in [0.2, 0.25) is 0 Å². The van der Waals surface area contributed by atoms with Gasteiger partial charge in [0.05, 0.1) is 16.9 Å². The number of piperidine rings is 1. The molecule has 0 bridgehead atoms. The number of hydrogen-bond acceptors (Lipinski definition) is 3. The van der Waals surface area contributed by atoms with Gasteiger partial charge in [0.1, 0.15) is 5.60 Å². The zero-order valence-corrected chi connectivity index (χ0v) is 12.1. The van der Waals surface area contributed by atoms with Crippen molar-refractivity contribution in [1.82, 2.24) is 14.7 Å². The van der Waals surface area contributed by atoms with Crippen LogP contribution in [0, 0.1) is 5.92 Å². The standard InChI is InChI=1S/C13H22ClN3O/c1-10(2)9-17-6-4-13(18,5-7-17)12-11(14)8-15-16(12)3/h8,10,18H,4-7,9H2,1-3H3. The Balaban J connectivity index is 2.08. The Morgan fingerprint density at radius 3 is 2.50 bits per heavy atom. The summed E-state index contributed by atoms with van der Waals surface area (Å²) in [5, 5.41) is 15.5. The SMILES string of the molecule is CC(C)CN1CCC(O)(c2c(Cl)cnn2C)CC1. The average Bonchev–Trinajstić information content (AvgIpc) is 2.62. The highest BCUT2D eigenvalue weighted by atomic mass is 35.5. The maximum Gasteiger partial charge on any atom is 0.110 e. The zero-order valence-electron chi connectivity index (χ0n) is 11.4. The second-order valence-electron chi connectivity index (χ2n) is 5.69. The van der Waals surface area contributed by atoms with E-state index in [-0.39, 0.29) is 0 Å². The first-order valence-electron chi connectivity index (χ1n) is 6.55. The number of rotatable bonds is 3. The molecule has 0 aromatic carbocycles. The summed E-state index contributed by atoms with van der Waals surface area (Å²) in [7, 11) is 1.83. The van der Waals surface area contributed by atoms with Crippen LogP contribution < -0.4 is 0 Å². The average molecular weight is 272 g/mol. The molecule has 18 heavy (non-hydrogen) atoms. The predicted octanol–water partition coefficient (Wildman–Crippen LogP) is 2.01. The summed E-state index contributed by atoms with van der Waals surface area (Å²) >= 11 is 6.13. The molecule has 1 aliphatic rings. The molecular weight excluding hydrogens is 250 g/mol. The van der Waals surface area contributed by atoms with Gasteiger partial charge in [-0.1, -0.05) is 25.4 Å². The Labute approximate surface area is 114 Å². The van der Waals surface area contributed by atoms with Crippen molar-refractivity contribution in [2.24, 2.45) is 13.0 Å². The summed E-state index contributed by atoms with van der Waals surface area (Å²) in [6, 6.07) is 0. The molecule has 102 valence electrons. The Bertz CT molecular complexity index is 389. The Morgan fingerprint density at radius 1 is 1.44 bits per heavy atom. The van der Waals surface area contributed by atoms with Crippen molar-refractivity contribution in [2.45, 2.75) is 32.3 Å². The molecule has 4 nitrogen and oxygen atoms in total. The molecule has 0 amide bonds. The topological polar surface area (TPSA) is 41.3 Å². The van der Waals surface area contributed by atoms with Crippen LogP contribution in [0.5, 0.6) is 0 Å². The molecule has 0 spiro atoms. The number of halogens is 1. The van der Waals surface area contributed by atoms with Crippen LogP contribution in [0.1, 0.15) is 32.4 Å². The Kier molecular flexibility index (Phi) is 3.99. The monoisotopic (exact) mass is 271 g/mol. The molecule has 1 fully saturated rings. The second kappa shape index (κ2) is 5.19. The first kappa shape index (κ1) is 13.8. The van der Waals surface area contributed by atoms with E-state index >= 15 is 0 Å². The number of hydrogen-bond donors (Lipinski definition) is 1. The molecule has 2 rings (SSSR count). The first-order chi connectivity index (χ1) is 8.42. The van der Waals surface area contributed by atoms with Gasteiger partial charge in [-0.15, -0.1) is 0 Å². The van der Waals surface area contributed by atoms with E-state index in [4.69, 9.17) is 11.6 Å². The minimum Gasteiger partial charge on any atom is -0.383 e. The number of aryl methyl sites for hydroxylation is 1. The van der Waals surface area contributed by atoms with Gasteiger partial charge in [-0.2, -0.15) is 5.10 Å². The minimum absolute atomic E-state index is 0.567. The van der Waals surface area contributed by atoms with E-state index in [1.807, 2.05) is 7.05 Å². The third kappa shape index (κ3) is 2.71. The van der Waals surface area contributed by atoms with Gasteiger partial charge in [-0.3, -0.25) is 4.68 Å². The fourth-order valence-electron chi connectivity index (χ4n) is 2.79. The lowest BCUT2D eigenvalue weighted by molar-refractivity contribution is -0.0338. The number of aromatic nitrogens is 2. The third-order valence-corrected chi connectivity index (χ3v) is 3.92. The van der Waals surface area contributed by atoms with Gasteiger partial charge >= 0.3 is 0 Å². The van der Waals surface area contributed by atoms with Crippen LogP contribution in [0.4, 0.5) is 0 Å². The van der Waals surface area contributed by atoms with E-state index < -0.39 is 5.60 Å². The summed E-state index contributed by atoms with van der Waals surface area (Å²) in [6.45, 7) is 7.36. The summed E-state index contributed by atoms with van der Waals surface area (Å²) < 4.78 is 1.69. The van der Waals surface area contributed by atoms with E-state index in [0.717, 1.165) is 38.2 Å². The van der Waals surface area contributed by atoms with Crippen molar-refractivity contribution in [2.75, 3.05) is 19.6 Å². The summed E-state index contributed by atoms with van der Waals surface area (Å²) in [6.07, 6.45) is 3.05. The Hall–Kier alpha value is -0.580. The van der Waals surface area contributed by atoms with Crippen molar-refractivity contribution in [3.8, 4) is 0 Å². The molecule has 2 heterocycles. The second-order valence-corrected chi connectivity index (χ2v) is 6.10. The van der Waals surface area contributed by atoms with E-state index in [2.05, 4.69) is 23.8 Å². The minimum atomic E-state index is -0.824. The quantitative estimate of drug-likeness (QED) is 0.914. The van der Waals surface area contributed by atoms with Gasteiger partial charge in [0.15, 0.2) is 0 Å². The van der Waals surface area contributed by atoms with Crippen molar-refractivity contribution >= 4 is 11.6 Å². The Morgan fingerprint density at radius 2 is 2.06 bits per heavy atom. The molecular formula is C13H22ClN3O. The van der Waals surface area contributed by atoms with Crippen LogP contribution in [0.2, 0.25) is 5.02 Å². The predicted molar refractivity (Wildman–Crippen MR) is 72.6 cm³/mol. The van der Waals surface area contributed by atoms with Crippen molar-refractivity contribution < 1.29 is 5.11 Å². The number of aliphatic hydroxyl groups is 1. The highest BCUT2D eigenvalue weighted by Gasteiger charge is 2.38. The summed E-state index contributed by atoms with van der Waals surface area (Å²) in [5.74, 6) is 0.663. The maximum atomic E-state index is 10.8. The van der Waals surface area contributed by atoms with Gasteiger partial charge < -0.3 is 10.0 Å².